The lowest BCUT2D eigenvalue weighted by atomic mass is 10.0. The van der Waals surface area contributed by atoms with Gasteiger partial charge >= 0.3 is 12.1 Å². The van der Waals surface area contributed by atoms with Gasteiger partial charge < -0.3 is 10.1 Å². The molecule has 0 spiro atoms. The Bertz CT molecular complexity index is 755. The van der Waals surface area contributed by atoms with Crippen molar-refractivity contribution >= 4 is 30.2 Å². The van der Waals surface area contributed by atoms with Crippen LogP contribution in [-0.2, 0) is 11.2 Å². The molecule has 6 nitrogen and oxygen atoms in total. The second-order valence-corrected chi connectivity index (χ2v) is 5.57. The number of aliphatic imine (C=N–C) groups is 1. The Kier molecular flexibility index (Phi) is 6.91. The second kappa shape index (κ2) is 9.36. The molecule has 3 amide bonds. The monoisotopic (exact) mass is 353 g/mol. The number of amides is 3. The van der Waals surface area contributed by atoms with E-state index in [-0.39, 0.29) is 13.2 Å². The molecule has 0 radical (unpaired) electrons. The Balaban J connectivity index is 1.98. The van der Waals surface area contributed by atoms with Gasteiger partial charge in [-0.05, 0) is 62.4 Å². The number of benzene rings is 2. The molecular weight excluding hydrogens is 330 g/mol. The van der Waals surface area contributed by atoms with Gasteiger partial charge in [0, 0.05) is 12.2 Å². The van der Waals surface area contributed by atoms with Crippen LogP contribution >= 0.6 is 0 Å². The van der Waals surface area contributed by atoms with Crippen LogP contribution in [0.5, 0.6) is 0 Å². The summed E-state index contributed by atoms with van der Waals surface area (Å²) in [6.45, 7) is 7.37. The molecule has 0 atom stereocenters. The van der Waals surface area contributed by atoms with Gasteiger partial charge in [-0.25, -0.2) is 14.5 Å². The number of urea groups is 1. The molecule has 136 valence electrons. The molecule has 2 aromatic carbocycles. The lowest BCUT2D eigenvalue weighted by Crippen LogP contribution is -2.40. The van der Waals surface area contributed by atoms with E-state index < -0.39 is 12.1 Å². The molecule has 26 heavy (non-hydrogen) atoms. The SMILES string of the molecule is C=Nc1ccc(Cc2ccc(NC(=O)N(CC)C(=O)OCC)cc2)cc1. The van der Waals surface area contributed by atoms with Gasteiger partial charge in [0.15, 0.2) is 0 Å². The van der Waals surface area contributed by atoms with Crippen LogP contribution in [0.3, 0.4) is 0 Å². The van der Waals surface area contributed by atoms with Gasteiger partial charge in [0.2, 0.25) is 0 Å². The van der Waals surface area contributed by atoms with E-state index in [1.165, 1.54) is 0 Å². The maximum atomic E-state index is 12.2. The molecule has 0 aliphatic carbocycles. The molecular formula is C20H23N3O3. The van der Waals surface area contributed by atoms with Crippen LogP contribution in [0.15, 0.2) is 53.5 Å². The van der Waals surface area contributed by atoms with E-state index in [9.17, 15) is 9.59 Å². The first kappa shape index (κ1) is 19.2. The van der Waals surface area contributed by atoms with Crippen LogP contribution < -0.4 is 5.32 Å². The fourth-order valence-corrected chi connectivity index (χ4v) is 2.41. The van der Waals surface area contributed by atoms with E-state index in [4.69, 9.17) is 4.74 Å². The smallest absolute Gasteiger partial charge is 0.417 e. The third kappa shape index (κ3) is 5.17. The quantitative estimate of drug-likeness (QED) is 0.770. The van der Waals surface area contributed by atoms with Crippen LogP contribution in [0.1, 0.15) is 25.0 Å². The third-order valence-corrected chi connectivity index (χ3v) is 3.78. The normalized spacial score (nSPS) is 10.1. The summed E-state index contributed by atoms with van der Waals surface area (Å²) in [6, 6.07) is 14.9. The molecule has 1 N–H and O–H groups in total. The number of imide groups is 1. The Labute approximate surface area is 153 Å². The molecule has 0 heterocycles. The standard InChI is InChI=1S/C20H23N3O3/c1-4-23(20(25)26-5-2)19(24)22-18-12-8-16(9-13-18)14-15-6-10-17(21-3)11-7-15/h6-13H,3-5,14H2,1-2H3,(H,22,24). The lowest BCUT2D eigenvalue weighted by Gasteiger charge is -2.18. The summed E-state index contributed by atoms with van der Waals surface area (Å²) in [5.41, 5.74) is 3.73. The first-order valence-electron chi connectivity index (χ1n) is 8.47. The highest BCUT2D eigenvalue weighted by atomic mass is 16.6. The summed E-state index contributed by atoms with van der Waals surface area (Å²) in [7, 11) is 0. The largest absolute Gasteiger partial charge is 0.449 e. The maximum absolute atomic E-state index is 12.2. The van der Waals surface area contributed by atoms with E-state index in [0.29, 0.717) is 5.69 Å². The summed E-state index contributed by atoms with van der Waals surface area (Å²) >= 11 is 0. The van der Waals surface area contributed by atoms with Gasteiger partial charge in [0.1, 0.15) is 0 Å². The van der Waals surface area contributed by atoms with Crippen LogP contribution in [-0.4, -0.2) is 36.9 Å². The van der Waals surface area contributed by atoms with E-state index in [1.54, 1.807) is 13.8 Å². The summed E-state index contributed by atoms with van der Waals surface area (Å²) in [5.74, 6) is 0. The van der Waals surface area contributed by atoms with Gasteiger partial charge in [-0.3, -0.25) is 4.99 Å². The van der Waals surface area contributed by atoms with E-state index >= 15 is 0 Å². The fraction of sp³-hybridized carbons (Fsp3) is 0.250. The number of anilines is 1. The zero-order chi connectivity index (χ0) is 18.9. The molecule has 0 fully saturated rings. The van der Waals surface area contributed by atoms with Crippen molar-refractivity contribution in [1.82, 2.24) is 4.90 Å². The van der Waals surface area contributed by atoms with Crippen molar-refractivity contribution in [3.63, 3.8) is 0 Å². The fourth-order valence-electron chi connectivity index (χ4n) is 2.41. The molecule has 0 saturated heterocycles. The predicted octanol–water partition coefficient (Wildman–Crippen LogP) is 4.62. The zero-order valence-corrected chi connectivity index (χ0v) is 15.1. The Morgan fingerprint density at radius 2 is 1.62 bits per heavy atom. The number of nitrogens with one attached hydrogen (secondary N) is 1. The molecule has 0 aliphatic heterocycles. The molecule has 0 aromatic heterocycles. The highest BCUT2D eigenvalue weighted by Gasteiger charge is 2.20. The minimum Gasteiger partial charge on any atom is -0.449 e. The van der Waals surface area contributed by atoms with Gasteiger partial charge in [-0.1, -0.05) is 24.3 Å². The number of hydrogen-bond donors (Lipinski definition) is 1. The van der Waals surface area contributed by atoms with Crippen molar-refractivity contribution in [2.75, 3.05) is 18.5 Å². The highest BCUT2D eigenvalue weighted by Crippen LogP contribution is 2.17. The predicted molar refractivity (Wildman–Crippen MR) is 103 cm³/mol. The minimum absolute atomic E-state index is 0.223. The molecule has 0 bridgehead atoms. The minimum atomic E-state index is -0.651. The average Bonchev–Trinajstić information content (AvgIpc) is 2.65. The topological polar surface area (TPSA) is 71.0 Å². The molecule has 0 saturated carbocycles. The van der Waals surface area contributed by atoms with Crippen LogP contribution in [0.4, 0.5) is 21.0 Å². The number of nitrogens with zero attached hydrogens (tertiary/aromatic N) is 2. The first-order valence-corrected chi connectivity index (χ1v) is 8.47. The molecule has 2 aromatic rings. The van der Waals surface area contributed by atoms with Crippen LogP contribution in [0.25, 0.3) is 0 Å². The van der Waals surface area contributed by atoms with Crippen molar-refractivity contribution in [1.29, 1.82) is 0 Å². The highest BCUT2D eigenvalue weighted by molar-refractivity contribution is 5.99. The molecule has 0 aliphatic rings. The van der Waals surface area contributed by atoms with E-state index in [2.05, 4.69) is 17.0 Å². The second-order valence-electron chi connectivity index (χ2n) is 5.57. The zero-order valence-electron chi connectivity index (χ0n) is 15.1. The van der Waals surface area contributed by atoms with Crippen molar-refractivity contribution in [2.24, 2.45) is 4.99 Å². The number of rotatable bonds is 6. The summed E-state index contributed by atoms with van der Waals surface area (Å²) in [4.78, 5) is 28.8. The van der Waals surface area contributed by atoms with Gasteiger partial charge in [0.25, 0.3) is 0 Å². The molecule has 2 rings (SSSR count). The maximum Gasteiger partial charge on any atom is 0.417 e. The first-order chi connectivity index (χ1) is 12.6. The summed E-state index contributed by atoms with van der Waals surface area (Å²) in [6.07, 6.45) is 0.122. The van der Waals surface area contributed by atoms with Crippen molar-refractivity contribution in [3.8, 4) is 0 Å². The van der Waals surface area contributed by atoms with Crippen molar-refractivity contribution in [3.05, 3.63) is 59.7 Å². The van der Waals surface area contributed by atoms with E-state index in [1.807, 2.05) is 48.5 Å². The number of carbonyl (C=O) groups is 2. The number of carbonyl (C=O) groups excluding carboxylic acids is 2. The Morgan fingerprint density at radius 3 is 2.12 bits per heavy atom. The van der Waals surface area contributed by atoms with Gasteiger partial charge in [-0.2, -0.15) is 0 Å². The Hall–Kier alpha value is -3.15. The average molecular weight is 353 g/mol. The summed E-state index contributed by atoms with van der Waals surface area (Å²) < 4.78 is 4.87. The van der Waals surface area contributed by atoms with E-state index in [0.717, 1.165) is 28.1 Å². The van der Waals surface area contributed by atoms with Crippen molar-refractivity contribution in [2.45, 2.75) is 20.3 Å². The third-order valence-electron chi connectivity index (χ3n) is 3.78. The van der Waals surface area contributed by atoms with Gasteiger partial charge in [0.05, 0.1) is 12.3 Å². The van der Waals surface area contributed by atoms with Crippen LogP contribution in [0.2, 0.25) is 0 Å². The lowest BCUT2D eigenvalue weighted by molar-refractivity contribution is 0.119. The number of hydrogen-bond acceptors (Lipinski definition) is 4. The Morgan fingerprint density at radius 1 is 1.04 bits per heavy atom. The van der Waals surface area contributed by atoms with Gasteiger partial charge in [-0.15, -0.1) is 0 Å². The van der Waals surface area contributed by atoms with Crippen molar-refractivity contribution < 1.29 is 14.3 Å². The number of ether oxygens (including phenoxy) is 1. The molecule has 6 heteroatoms. The summed E-state index contributed by atoms with van der Waals surface area (Å²) in [5, 5.41) is 2.71. The van der Waals surface area contributed by atoms with Crippen LogP contribution in [0, 0.1) is 0 Å². The molecule has 0 unspecified atom stereocenters.